The molecule has 0 aliphatic carbocycles. The monoisotopic (exact) mass is 406 g/mol. The van der Waals surface area contributed by atoms with E-state index in [0.29, 0.717) is 18.9 Å². The lowest BCUT2D eigenvalue weighted by molar-refractivity contribution is -0.111. The summed E-state index contributed by atoms with van der Waals surface area (Å²) in [5.41, 5.74) is 1.14. The Balaban J connectivity index is 1.80. The van der Waals surface area contributed by atoms with Crippen LogP contribution in [-0.4, -0.2) is 61.8 Å². The van der Waals surface area contributed by atoms with Crippen LogP contribution in [0.5, 0.6) is 5.75 Å². The number of rotatable bonds is 6. The van der Waals surface area contributed by atoms with Crippen molar-refractivity contribution in [3.63, 3.8) is 0 Å². The molecule has 0 radical (unpaired) electrons. The summed E-state index contributed by atoms with van der Waals surface area (Å²) in [5.74, 6) is -0.167. The summed E-state index contributed by atoms with van der Waals surface area (Å²) >= 11 is 0. The number of nitrogens with zero attached hydrogens (tertiary/aromatic N) is 3. The quantitative estimate of drug-likeness (QED) is 0.721. The smallest absolute Gasteiger partial charge is 0.248 e. The van der Waals surface area contributed by atoms with Crippen molar-refractivity contribution in [2.75, 3.05) is 38.7 Å². The standard InChI is InChI=1S/C18H22N4O5S/c1-21-13-14(12-19-21)3-6-18(23)20-15-4-5-16(26-2)17(11-15)28(24,25)22-7-9-27-10-8-22/h3-6,11-13H,7-10H2,1-2H3,(H,20,23)/b6-3+. The molecule has 28 heavy (non-hydrogen) atoms. The topological polar surface area (TPSA) is 103 Å². The van der Waals surface area contributed by atoms with E-state index in [4.69, 9.17) is 9.47 Å². The Morgan fingerprint density at radius 1 is 1.32 bits per heavy atom. The molecule has 9 nitrogen and oxygen atoms in total. The molecule has 0 spiro atoms. The predicted octanol–water partition coefficient (Wildman–Crippen LogP) is 1.10. The second-order valence-corrected chi connectivity index (χ2v) is 8.06. The summed E-state index contributed by atoms with van der Waals surface area (Å²) in [4.78, 5) is 12.2. The lowest BCUT2D eigenvalue weighted by atomic mass is 10.3. The van der Waals surface area contributed by atoms with Crippen molar-refractivity contribution in [3.8, 4) is 5.75 Å². The maximum Gasteiger partial charge on any atom is 0.248 e. The number of carbonyl (C=O) groups excluding carboxylic acids is 1. The lowest BCUT2D eigenvalue weighted by Crippen LogP contribution is -2.40. The average molecular weight is 406 g/mol. The van der Waals surface area contributed by atoms with E-state index in [1.165, 1.54) is 29.6 Å². The number of methoxy groups -OCH3 is 1. The van der Waals surface area contributed by atoms with Gasteiger partial charge in [0.15, 0.2) is 0 Å². The van der Waals surface area contributed by atoms with Crippen LogP contribution < -0.4 is 10.1 Å². The van der Waals surface area contributed by atoms with Crippen LogP contribution >= 0.6 is 0 Å². The number of morpholine rings is 1. The fourth-order valence-corrected chi connectivity index (χ4v) is 4.35. The van der Waals surface area contributed by atoms with Gasteiger partial charge in [0.05, 0.1) is 26.5 Å². The van der Waals surface area contributed by atoms with Gasteiger partial charge in [-0.1, -0.05) is 0 Å². The molecule has 1 aromatic carbocycles. The van der Waals surface area contributed by atoms with Gasteiger partial charge in [-0.2, -0.15) is 9.40 Å². The molecule has 3 rings (SSSR count). The van der Waals surface area contributed by atoms with Crippen molar-refractivity contribution in [1.82, 2.24) is 14.1 Å². The molecule has 0 unspecified atom stereocenters. The first-order valence-corrected chi connectivity index (χ1v) is 10.1. The molecular weight excluding hydrogens is 384 g/mol. The first-order chi connectivity index (χ1) is 13.4. The Morgan fingerprint density at radius 2 is 2.07 bits per heavy atom. The van der Waals surface area contributed by atoms with E-state index in [0.717, 1.165) is 5.56 Å². The summed E-state index contributed by atoms with van der Waals surface area (Å²) in [5, 5.41) is 6.69. The molecule has 1 aliphatic heterocycles. The second-order valence-electron chi connectivity index (χ2n) is 6.15. The molecule has 2 heterocycles. The highest BCUT2D eigenvalue weighted by molar-refractivity contribution is 7.89. The number of ether oxygens (including phenoxy) is 2. The molecule has 1 aliphatic rings. The van der Waals surface area contributed by atoms with Gasteiger partial charge >= 0.3 is 0 Å². The minimum absolute atomic E-state index is 0.00550. The van der Waals surface area contributed by atoms with Crippen LogP contribution in [0, 0.1) is 0 Å². The Bertz CT molecular complexity index is 978. The normalized spacial score (nSPS) is 15.6. The number of benzene rings is 1. The Kier molecular flexibility index (Phi) is 6.12. The SMILES string of the molecule is COc1ccc(NC(=O)/C=C/c2cnn(C)c2)cc1S(=O)(=O)N1CCOCC1. The minimum Gasteiger partial charge on any atom is -0.495 e. The molecule has 1 aromatic heterocycles. The number of hydrogen-bond acceptors (Lipinski definition) is 6. The van der Waals surface area contributed by atoms with Crippen LogP contribution in [0.25, 0.3) is 6.08 Å². The van der Waals surface area contributed by atoms with Crippen LogP contribution in [0.15, 0.2) is 41.6 Å². The number of hydrogen-bond donors (Lipinski definition) is 1. The first kappa shape index (κ1) is 20.1. The van der Waals surface area contributed by atoms with Gasteiger partial charge in [-0.3, -0.25) is 9.48 Å². The molecule has 150 valence electrons. The Morgan fingerprint density at radius 3 is 2.71 bits per heavy atom. The maximum atomic E-state index is 13.0. The molecule has 0 atom stereocenters. The van der Waals surface area contributed by atoms with Crippen molar-refractivity contribution in [3.05, 3.63) is 42.2 Å². The number of carbonyl (C=O) groups is 1. The van der Waals surface area contributed by atoms with Gasteiger partial charge in [0, 0.05) is 43.7 Å². The largest absolute Gasteiger partial charge is 0.495 e. The van der Waals surface area contributed by atoms with E-state index < -0.39 is 10.0 Å². The molecule has 10 heteroatoms. The van der Waals surface area contributed by atoms with Crippen molar-refractivity contribution >= 4 is 27.7 Å². The molecule has 1 amide bonds. The van der Waals surface area contributed by atoms with Gasteiger partial charge in [-0.25, -0.2) is 8.42 Å². The van der Waals surface area contributed by atoms with E-state index in [1.807, 2.05) is 0 Å². The number of anilines is 1. The van der Waals surface area contributed by atoms with Gasteiger partial charge < -0.3 is 14.8 Å². The predicted molar refractivity (Wildman–Crippen MR) is 103 cm³/mol. The zero-order chi connectivity index (χ0) is 20.1. The van der Waals surface area contributed by atoms with Crippen LogP contribution in [0.4, 0.5) is 5.69 Å². The first-order valence-electron chi connectivity index (χ1n) is 8.64. The Labute approximate surface area is 163 Å². The van der Waals surface area contributed by atoms with Crippen LogP contribution in [0.1, 0.15) is 5.56 Å². The van der Waals surface area contributed by atoms with E-state index in [-0.39, 0.29) is 29.6 Å². The zero-order valence-electron chi connectivity index (χ0n) is 15.7. The number of nitrogens with one attached hydrogen (secondary N) is 1. The number of aryl methyl sites for hydroxylation is 1. The molecule has 1 fully saturated rings. The summed E-state index contributed by atoms with van der Waals surface area (Å²) in [6.45, 7) is 1.24. The van der Waals surface area contributed by atoms with E-state index in [9.17, 15) is 13.2 Å². The van der Waals surface area contributed by atoms with Gasteiger partial charge in [-0.15, -0.1) is 0 Å². The number of aromatic nitrogens is 2. The third-order valence-electron chi connectivity index (χ3n) is 4.17. The zero-order valence-corrected chi connectivity index (χ0v) is 16.5. The minimum atomic E-state index is -3.77. The molecule has 0 bridgehead atoms. The number of amides is 1. The third-order valence-corrected chi connectivity index (χ3v) is 6.09. The molecular formula is C18H22N4O5S. The third kappa shape index (κ3) is 4.58. The Hall–Kier alpha value is -2.69. The summed E-state index contributed by atoms with van der Waals surface area (Å²) < 4.78 is 39.4. The molecule has 1 saturated heterocycles. The van der Waals surface area contributed by atoms with Crippen LogP contribution in [0.3, 0.4) is 0 Å². The van der Waals surface area contributed by atoms with Crippen LogP contribution in [0.2, 0.25) is 0 Å². The van der Waals surface area contributed by atoms with Crippen molar-refractivity contribution in [1.29, 1.82) is 0 Å². The van der Waals surface area contributed by atoms with Crippen molar-refractivity contribution in [2.24, 2.45) is 7.05 Å². The number of sulfonamides is 1. The highest BCUT2D eigenvalue weighted by Gasteiger charge is 2.29. The summed E-state index contributed by atoms with van der Waals surface area (Å²) in [7, 11) is -0.579. The van der Waals surface area contributed by atoms with Gasteiger partial charge in [-0.05, 0) is 24.3 Å². The fourth-order valence-electron chi connectivity index (χ4n) is 2.76. The van der Waals surface area contributed by atoms with Crippen LogP contribution in [-0.2, 0) is 26.6 Å². The summed E-state index contributed by atoms with van der Waals surface area (Å²) in [6, 6.07) is 4.51. The van der Waals surface area contributed by atoms with Gasteiger partial charge in [0.2, 0.25) is 15.9 Å². The molecule has 0 saturated carbocycles. The maximum absolute atomic E-state index is 13.0. The van der Waals surface area contributed by atoms with Gasteiger partial charge in [0.25, 0.3) is 0 Å². The molecule has 2 aromatic rings. The average Bonchev–Trinajstić information content (AvgIpc) is 3.12. The van der Waals surface area contributed by atoms with E-state index in [2.05, 4.69) is 10.4 Å². The lowest BCUT2D eigenvalue weighted by Gasteiger charge is -2.26. The molecule has 1 N–H and O–H groups in total. The highest BCUT2D eigenvalue weighted by Crippen LogP contribution is 2.30. The fraction of sp³-hybridized carbons (Fsp3) is 0.333. The van der Waals surface area contributed by atoms with E-state index >= 15 is 0 Å². The van der Waals surface area contributed by atoms with E-state index in [1.54, 1.807) is 36.3 Å². The van der Waals surface area contributed by atoms with Crippen molar-refractivity contribution < 1.29 is 22.7 Å². The highest BCUT2D eigenvalue weighted by atomic mass is 32.2. The summed E-state index contributed by atoms with van der Waals surface area (Å²) in [6.07, 6.45) is 6.38. The van der Waals surface area contributed by atoms with Crippen molar-refractivity contribution in [2.45, 2.75) is 4.90 Å². The van der Waals surface area contributed by atoms with Gasteiger partial charge in [0.1, 0.15) is 10.6 Å². The second kappa shape index (κ2) is 8.55.